The summed E-state index contributed by atoms with van der Waals surface area (Å²) < 4.78 is 65.0. The molecule has 0 aliphatic carbocycles. The van der Waals surface area contributed by atoms with Crippen molar-refractivity contribution in [3.8, 4) is 0 Å². The summed E-state index contributed by atoms with van der Waals surface area (Å²) in [7, 11) is -3.85. The molecule has 31 heavy (non-hydrogen) atoms. The molecular formula is C20H23F3N4O3S. The molecule has 168 valence electrons. The summed E-state index contributed by atoms with van der Waals surface area (Å²) in [5.74, 6) is -2.32. The van der Waals surface area contributed by atoms with Gasteiger partial charge >= 0.3 is 0 Å². The average molecular weight is 456 g/mol. The zero-order valence-corrected chi connectivity index (χ0v) is 18.0. The number of hydrogen-bond donors (Lipinski definition) is 3. The lowest BCUT2D eigenvalue weighted by atomic mass is 10.2. The fraction of sp³-hybridized carbons (Fsp3) is 0.300. The van der Waals surface area contributed by atoms with Crippen LogP contribution in [0.25, 0.3) is 6.08 Å². The summed E-state index contributed by atoms with van der Waals surface area (Å²) in [5, 5.41) is 5.55. The molecule has 7 nitrogen and oxygen atoms in total. The highest BCUT2D eigenvalue weighted by Gasteiger charge is 2.15. The van der Waals surface area contributed by atoms with Crippen molar-refractivity contribution in [2.24, 2.45) is 0 Å². The van der Waals surface area contributed by atoms with Gasteiger partial charge in [-0.15, -0.1) is 0 Å². The van der Waals surface area contributed by atoms with Gasteiger partial charge in [0.1, 0.15) is 18.2 Å². The van der Waals surface area contributed by atoms with Gasteiger partial charge in [-0.25, -0.2) is 26.6 Å². The van der Waals surface area contributed by atoms with Gasteiger partial charge in [0.25, 0.3) is 0 Å². The molecule has 2 rings (SSSR count). The second kappa shape index (κ2) is 10.3. The maximum absolute atomic E-state index is 14.0. The van der Waals surface area contributed by atoms with Gasteiger partial charge in [-0.1, -0.05) is 0 Å². The number of carbonyl (C=O) groups excluding carboxylic acids is 1. The number of rotatable bonds is 9. The van der Waals surface area contributed by atoms with E-state index in [2.05, 4.69) is 15.6 Å². The number of carbonyl (C=O) groups is 1. The first-order valence-corrected chi connectivity index (χ1v) is 11.1. The Kier molecular flexibility index (Phi) is 8.03. The number of pyridine rings is 1. The van der Waals surface area contributed by atoms with Crippen LogP contribution >= 0.6 is 0 Å². The zero-order valence-electron chi connectivity index (χ0n) is 17.2. The van der Waals surface area contributed by atoms with E-state index in [-0.39, 0.29) is 23.8 Å². The summed E-state index contributed by atoms with van der Waals surface area (Å²) in [6, 6.07) is 5.00. The molecule has 1 aromatic heterocycles. The van der Waals surface area contributed by atoms with Gasteiger partial charge in [-0.05, 0) is 49.8 Å². The van der Waals surface area contributed by atoms with Crippen LogP contribution in [0, 0.1) is 11.6 Å². The summed E-state index contributed by atoms with van der Waals surface area (Å²) >= 11 is 0. The Morgan fingerprint density at radius 1 is 1.19 bits per heavy atom. The van der Waals surface area contributed by atoms with Crippen molar-refractivity contribution in [3.05, 3.63) is 58.8 Å². The Balaban J connectivity index is 2.08. The van der Waals surface area contributed by atoms with E-state index in [0.717, 1.165) is 18.4 Å². The van der Waals surface area contributed by atoms with Crippen molar-refractivity contribution in [2.45, 2.75) is 33.1 Å². The van der Waals surface area contributed by atoms with Gasteiger partial charge in [0, 0.05) is 24.2 Å². The van der Waals surface area contributed by atoms with E-state index in [1.54, 1.807) is 10.8 Å². The van der Waals surface area contributed by atoms with Gasteiger partial charge in [0.2, 0.25) is 15.9 Å². The smallest absolute Gasteiger partial charge is 0.244 e. The molecule has 1 aromatic carbocycles. The summed E-state index contributed by atoms with van der Waals surface area (Å²) in [6.45, 7) is 2.87. The summed E-state index contributed by atoms with van der Waals surface area (Å²) in [6.07, 6.45) is 3.47. The van der Waals surface area contributed by atoms with Crippen LogP contribution < -0.4 is 15.4 Å². The molecular weight excluding hydrogens is 433 g/mol. The van der Waals surface area contributed by atoms with Crippen molar-refractivity contribution in [1.82, 2.24) is 10.3 Å². The molecule has 0 atom stereocenters. The quantitative estimate of drug-likeness (QED) is 0.503. The Morgan fingerprint density at radius 2 is 1.84 bits per heavy atom. The number of aromatic nitrogens is 1. The minimum Gasteiger partial charge on any atom is -0.367 e. The highest BCUT2D eigenvalue weighted by molar-refractivity contribution is 7.92. The number of hydrogen-bond acceptors (Lipinski definition) is 5. The first-order valence-electron chi connectivity index (χ1n) is 9.22. The van der Waals surface area contributed by atoms with Gasteiger partial charge in [-0.2, -0.15) is 0 Å². The number of anilines is 2. The van der Waals surface area contributed by atoms with Crippen molar-refractivity contribution < 1.29 is 26.4 Å². The minimum absolute atomic E-state index is 0.0355. The number of benzene rings is 1. The highest BCUT2D eigenvalue weighted by Crippen LogP contribution is 2.22. The van der Waals surface area contributed by atoms with Gasteiger partial charge < -0.3 is 10.6 Å². The lowest BCUT2D eigenvalue weighted by Crippen LogP contribution is -2.21. The van der Waals surface area contributed by atoms with Crippen LogP contribution in [0.4, 0.5) is 24.7 Å². The number of sulfonamides is 1. The average Bonchev–Trinajstić information content (AvgIpc) is 2.67. The number of nitrogens with zero attached hydrogens (tertiary/aromatic N) is 1. The molecule has 0 fully saturated rings. The molecule has 3 N–H and O–H groups in total. The van der Waals surface area contributed by atoms with Crippen LogP contribution in [0.2, 0.25) is 0 Å². The monoisotopic (exact) mass is 456 g/mol. The van der Waals surface area contributed by atoms with Crippen LogP contribution in [0.15, 0.2) is 30.3 Å². The first kappa shape index (κ1) is 24.2. The van der Waals surface area contributed by atoms with Gasteiger partial charge in [-0.3, -0.25) is 9.52 Å². The van der Waals surface area contributed by atoms with E-state index < -0.39 is 39.9 Å². The molecule has 0 bridgehead atoms. The molecule has 0 aliphatic rings. The third-order valence-corrected chi connectivity index (χ3v) is 4.39. The normalized spacial score (nSPS) is 11.7. The number of halogens is 3. The standard InChI is InChI=1S/C20H23F3N4O3S/c1-12(2)25-20-14(4-6-15(10-21)26-20)5-7-18(28)24-11-13-8-16(22)19(17(23)9-13)27-31(3,29)30/h4-9,12,27H,10-11H2,1-3H3,(H,24,28)(H,25,26)/b7-5+. The van der Waals surface area contributed by atoms with E-state index >= 15 is 0 Å². The number of amides is 1. The van der Waals surface area contributed by atoms with Crippen molar-refractivity contribution in [1.29, 1.82) is 0 Å². The molecule has 0 saturated heterocycles. The highest BCUT2D eigenvalue weighted by atomic mass is 32.2. The number of alkyl halides is 1. The Bertz CT molecular complexity index is 1070. The van der Waals surface area contributed by atoms with Gasteiger partial charge in [0.15, 0.2) is 11.6 Å². The molecule has 0 radical (unpaired) electrons. The number of nitrogens with one attached hydrogen (secondary N) is 3. The van der Waals surface area contributed by atoms with Crippen LogP contribution in [-0.2, 0) is 28.0 Å². The van der Waals surface area contributed by atoms with Crippen molar-refractivity contribution in [3.63, 3.8) is 0 Å². The third-order valence-electron chi connectivity index (χ3n) is 3.82. The molecule has 0 saturated carbocycles. The van der Waals surface area contributed by atoms with E-state index in [0.29, 0.717) is 11.4 Å². The molecule has 2 aromatic rings. The minimum atomic E-state index is -3.85. The topological polar surface area (TPSA) is 100 Å². The predicted octanol–water partition coefficient (Wildman–Crippen LogP) is 3.35. The third kappa shape index (κ3) is 7.59. The van der Waals surface area contributed by atoms with Crippen molar-refractivity contribution in [2.75, 3.05) is 16.3 Å². The van der Waals surface area contributed by atoms with E-state index in [1.165, 1.54) is 18.2 Å². The van der Waals surface area contributed by atoms with Crippen LogP contribution in [0.3, 0.4) is 0 Å². The van der Waals surface area contributed by atoms with E-state index in [1.807, 2.05) is 13.8 Å². The molecule has 0 aliphatic heterocycles. The zero-order chi connectivity index (χ0) is 23.2. The summed E-state index contributed by atoms with van der Waals surface area (Å²) in [5.41, 5.74) is 0.135. The molecule has 0 unspecified atom stereocenters. The van der Waals surface area contributed by atoms with E-state index in [9.17, 15) is 26.4 Å². The second-order valence-corrected chi connectivity index (χ2v) is 8.78. The lowest BCUT2D eigenvalue weighted by Gasteiger charge is -2.12. The molecule has 1 heterocycles. The first-order chi connectivity index (χ1) is 14.5. The lowest BCUT2D eigenvalue weighted by molar-refractivity contribution is -0.116. The van der Waals surface area contributed by atoms with Crippen LogP contribution in [0.5, 0.6) is 0 Å². The predicted molar refractivity (Wildman–Crippen MR) is 114 cm³/mol. The maximum Gasteiger partial charge on any atom is 0.244 e. The fourth-order valence-corrected chi connectivity index (χ4v) is 3.10. The molecule has 1 amide bonds. The van der Waals surface area contributed by atoms with E-state index in [4.69, 9.17) is 0 Å². The largest absolute Gasteiger partial charge is 0.367 e. The van der Waals surface area contributed by atoms with Crippen LogP contribution in [-0.4, -0.2) is 31.6 Å². The molecule has 11 heteroatoms. The SMILES string of the molecule is CC(C)Nc1nc(CF)ccc1/C=C/C(=O)NCc1cc(F)c(NS(C)(=O)=O)c(F)c1. The Hall–Kier alpha value is -3.08. The molecule has 0 spiro atoms. The second-order valence-electron chi connectivity index (χ2n) is 7.03. The fourth-order valence-electron chi connectivity index (χ4n) is 2.53. The Labute approximate surface area is 178 Å². The summed E-state index contributed by atoms with van der Waals surface area (Å²) in [4.78, 5) is 16.2. The Morgan fingerprint density at radius 3 is 2.39 bits per heavy atom. The van der Waals surface area contributed by atoms with Gasteiger partial charge in [0.05, 0.1) is 11.9 Å². The maximum atomic E-state index is 14.0. The van der Waals surface area contributed by atoms with Crippen LogP contribution in [0.1, 0.15) is 30.7 Å². The van der Waals surface area contributed by atoms with Crippen molar-refractivity contribution >= 4 is 33.5 Å².